The van der Waals surface area contributed by atoms with Gasteiger partial charge >= 0.3 is 0 Å². The van der Waals surface area contributed by atoms with Gasteiger partial charge in [-0.2, -0.15) is 14.9 Å². The van der Waals surface area contributed by atoms with Crippen molar-refractivity contribution >= 4 is 28.7 Å². The molecule has 2 heterocycles. The third kappa shape index (κ3) is 3.34. The summed E-state index contributed by atoms with van der Waals surface area (Å²) in [6.45, 7) is 4.17. The van der Waals surface area contributed by atoms with E-state index in [4.69, 9.17) is 11.6 Å². The van der Waals surface area contributed by atoms with Crippen molar-refractivity contribution in [1.82, 2.24) is 19.4 Å². The van der Waals surface area contributed by atoms with Gasteiger partial charge in [0.15, 0.2) is 0 Å². The topological polar surface area (TPSA) is 65.1 Å². The molecule has 4 aromatic rings. The van der Waals surface area contributed by atoms with Crippen LogP contribution in [0, 0.1) is 13.8 Å². The zero-order valence-corrected chi connectivity index (χ0v) is 16.3. The predicted octanol–water partition coefficient (Wildman–Crippen LogP) is 3.79. The second-order valence-electron chi connectivity index (χ2n) is 6.47. The van der Waals surface area contributed by atoms with Crippen molar-refractivity contribution in [2.75, 3.05) is 0 Å². The minimum atomic E-state index is -0.218. The van der Waals surface area contributed by atoms with E-state index in [1.807, 2.05) is 55.5 Å². The Labute approximate surface area is 166 Å². The number of aryl methyl sites for hydroxylation is 2. The van der Waals surface area contributed by atoms with Crippen LogP contribution in [0.2, 0.25) is 5.15 Å². The van der Waals surface area contributed by atoms with E-state index >= 15 is 0 Å². The number of benzene rings is 2. The number of nitrogens with zero attached hydrogens (tertiary/aromatic N) is 5. The van der Waals surface area contributed by atoms with Crippen molar-refractivity contribution in [3.05, 3.63) is 92.7 Å². The SMILES string of the molecule is Cc1nn(Cc2ccccc2)c(Cl)c1/C=N\n1c(C)nc2ccccc2c1=O. The summed E-state index contributed by atoms with van der Waals surface area (Å²) in [5, 5.41) is 9.85. The van der Waals surface area contributed by atoms with Crippen LogP contribution in [0.1, 0.15) is 22.6 Å². The van der Waals surface area contributed by atoms with Gasteiger partial charge in [0.1, 0.15) is 11.0 Å². The Bertz CT molecular complexity index is 1240. The maximum Gasteiger partial charge on any atom is 0.282 e. The second-order valence-corrected chi connectivity index (χ2v) is 6.83. The van der Waals surface area contributed by atoms with Crippen molar-refractivity contribution in [2.24, 2.45) is 5.10 Å². The highest BCUT2D eigenvalue weighted by molar-refractivity contribution is 6.32. The summed E-state index contributed by atoms with van der Waals surface area (Å²) in [6.07, 6.45) is 1.57. The van der Waals surface area contributed by atoms with Gasteiger partial charge in [-0.25, -0.2) is 9.67 Å². The first-order valence-corrected chi connectivity index (χ1v) is 9.22. The highest BCUT2D eigenvalue weighted by atomic mass is 35.5. The monoisotopic (exact) mass is 391 g/mol. The van der Waals surface area contributed by atoms with Gasteiger partial charge < -0.3 is 0 Å². The maximum atomic E-state index is 12.7. The fourth-order valence-electron chi connectivity index (χ4n) is 3.06. The summed E-state index contributed by atoms with van der Waals surface area (Å²) in [5.74, 6) is 0.505. The van der Waals surface area contributed by atoms with Crippen LogP contribution >= 0.6 is 11.6 Å². The summed E-state index contributed by atoms with van der Waals surface area (Å²) in [5.41, 5.74) is 2.95. The molecule has 2 aromatic heterocycles. The van der Waals surface area contributed by atoms with Crippen LogP contribution in [0.3, 0.4) is 0 Å². The van der Waals surface area contributed by atoms with Crippen LogP contribution in [0.5, 0.6) is 0 Å². The van der Waals surface area contributed by atoms with E-state index < -0.39 is 0 Å². The summed E-state index contributed by atoms with van der Waals surface area (Å²) in [7, 11) is 0. The van der Waals surface area contributed by atoms with Gasteiger partial charge in [0, 0.05) is 0 Å². The molecule has 0 aliphatic heterocycles. The van der Waals surface area contributed by atoms with E-state index in [-0.39, 0.29) is 5.56 Å². The number of halogens is 1. The molecule has 0 spiro atoms. The van der Waals surface area contributed by atoms with Gasteiger partial charge in [-0.1, -0.05) is 54.1 Å². The van der Waals surface area contributed by atoms with Crippen LogP contribution in [-0.4, -0.2) is 25.7 Å². The molecule has 0 saturated heterocycles. The standard InChI is InChI=1S/C21H18ClN5O/c1-14-18(20(22)26(25-14)13-16-8-4-3-5-9-16)12-23-27-15(2)24-19-11-7-6-10-17(19)21(27)28/h3-12H,13H2,1-2H3/b23-12-. The van der Waals surface area contributed by atoms with Gasteiger partial charge in [-0.05, 0) is 31.5 Å². The number of hydrogen-bond acceptors (Lipinski definition) is 4. The maximum absolute atomic E-state index is 12.7. The lowest BCUT2D eigenvalue weighted by atomic mass is 10.2. The molecule has 0 unspecified atom stereocenters. The largest absolute Gasteiger partial charge is 0.282 e. The lowest BCUT2D eigenvalue weighted by molar-refractivity contribution is 0.680. The lowest BCUT2D eigenvalue weighted by Crippen LogP contribution is -2.20. The first-order valence-electron chi connectivity index (χ1n) is 8.84. The van der Waals surface area contributed by atoms with Gasteiger partial charge in [0.2, 0.25) is 0 Å². The highest BCUT2D eigenvalue weighted by Gasteiger charge is 2.13. The van der Waals surface area contributed by atoms with Crippen molar-refractivity contribution in [2.45, 2.75) is 20.4 Å². The Balaban J connectivity index is 1.71. The molecule has 7 heteroatoms. The molecule has 0 fully saturated rings. The fraction of sp³-hybridized carbons (Fsp3) is 0.143. The van der Waals surface area contributed by atoms with Crippen molar-refractivity contribution in [1.29, 1.82) is 0 Å². The molecule has 6 nitrogen and oxygen atoms in total. The Hall–Kier alpha value is -3.25. The van der Waals surface area contributed by atoms with E-state index in [1.54, 1.807) is 23.9 Å². The number of aromatic nitrogens is 4. The molecule has 0 N–H and O–H groups in total. The normalized spacial score (nSPS) is 11.5. The summed E-state index contributed by atoms with van der Waals surface area (Å²) in [6, 6.07) is 17.2. The molecule has 0 aliphatic carbocycles. The molecule has 0 saturated carbocycles. The fourth-order valence-corrected chi connectivity index (χ4v) is 3.34. The zero-order valence-electron chi connectivity index (χ0n) is 15.5. The van der Waals surface area contributed by atoms with E-state index in [9.17, 15) is 4.79 Å². The molecule has 2 aromatic carbocycles. The van der Waals surface area contributed by atoms with Gasteiger partial charge in [0.25, 0.3) is 5.56 Å². The number of rotatable bonds is 4. The smallest absolute Gasteiger partial charge is 0.267 e. The lowest BCUT2D eigenvalue weighted by Gasteiger charge is -2.05. The molecular formula is C21H18ClN5O. The van der Waals surface area contributed by atoms with Crippen molar-refractivity contribution in [3.63, 3.8) is 0 Å². The van der Waals surface area contributed by atoms with E-state index in [1.165, 1.54) is 4.68 Å². The second kappa shape index (κ2) is 7.40. The Morgan fingerprint density at radius 2 is 1.79 bits per heavy atom. The van der Waals surface area contributed by atoms with Crippen LogP contribution in [0.15, 0.2) is 64.5 Å². The Morgan fingerprint density at radius 3 is 2.57 bits per heavy atom. The van der Waals surface area contributed by atoms with Crippen LogP contribution < -0.4 is 5.56 Å². The first-order chi connectivity index (χ1) is 13.5. The molecule has 0 bridgehead atoms. The van der Waals surface area contributed by atoms with Crippen LogP contribution in [-0.2, 0) is 6.54 Å². The van der Waals surface area contributed by atoms with E-state index in [2.05, 4.69) is 15.2 Å². The molecule has 0 atom stereocenters. The quantitative estimate of drug-likeness (QED) is 0.497. The molecule has 0 radical (unpaired) electrons. The summed E-state index contributed by atoms with van der Waals surface area (Å²) < 4.78 is 3.01. The third-order valence-electron chi connectivity index (χ3n) is 4.50. The average molecular weight is 392 g/mol. The van der Waals surface area contributed by atoms with Crippen molar-refractivity contribution in [3.8, 4) is 0 Å². The molecule has 0 amide bonds. The molecule has 4 rings (SSSR count). The van der Waals surface area contributed by atoms with Crippen LogP contribution in [0.4, 0.5) is 0 Å². The Kier molecular flexibility index (Phi) is 4.79. The van der Waals surface area contributed by atoms with Gasteiger partial charge in [-0.3, -0.25) is 4.79 Å². The third-order valence-corrected chi connectivity index (χ3v) is 4.90. The molecule has 140 valence electrons. The Morgan fingerprint density at radius 1 is 1.07 bits per heavy atom. The number of fused-ring (bicyclic) bond motifs is 1. The first kappa shape index (κ1) is 18.1. The summed E-state index contributed by atoms with van der Waals surface area (Å²) in [4.78, 5) is 17.2. The average Bonchev–Trinajstić information content (AvgIpc) is 2.96. The molecule has 0 aliphatic rings. The highest BCUT2D eigenvalue weighted by Crippen LogP contribution is 2.19. The van der Waals surface area contributed by atoms with Crippen LogP contribution in [0.25, 0.3) is 10.9 Å². The van der Waals surface area contributed by atoms with Gasteiger partial charge in [0.05, 0.1) is 34.9 Å². The van der Waals surface area contributed by atoms with Gasteiger partial charge in [-0.15, -0.1) is 0 Å². The summed E-state index contributed by atoms with van der Waals surface area (Å²) >= 11 is 6.53. The van der Waals surface area contributed by atoms with Crippen molar-refractivity contribution < 1.29 is 0 Å². The predicted molar refractivity (Wildman–Crippen MR) is 111 cm³/mol. The number of para-hydroxylation sites is 1. The minimum absolute atomic E-state index is 0.218. The van der Waals surface area contributed by atoms with E-state index in [0.717, 1.165) is 11.3 Å². The number of hydrogen-bond donors (Lipinski definition) is 0. The zero-order chi connectivity index (χ0) is 19.7. The molecular weight excluding hydrogens is 374 g/mol. The van der Waals surface area contributed by atoms with E-state index in [0.29, 0.717) is 34.0 Å². The molecule has 28 heavy (non-hydrogen) atoms. The minimum Gasteiger partial charge on any atom is -0.267 e.